The number of carbonyl (C=O) groups is 1. The smallest absolute Gasteiger partial charge is 0.271 e. The maximum absolute atomic E-state index is 12.2. The van der Waals surface area contributed by atoms with E-state index in [2.05, 4.69) is 10.5 Å². The highest BCUT2D eigenvalue weighted by atomic mass is 16.5. The number of rotatable bonds is 7. The molecular weight excluding hydrogens is 344 g/mol. The van der Waals surface area contributed by atoms with Crippen molar-refractivity contribution in [3.8, 4) is 17.2 Å². The first-order chi connectivity index (χ1) is 13.1. The summed E-state index contributed by atoms with van der Waals surface area (Å²) >= 11 is 0. The lowest BCUT2D eigenvalue weighted by Gasteiger charge is -2.09. The highest BCUT2D eigenvalue weighted by molar-refractivity contribution is 5.95. The van der Waals surface area contributed by atoms with E-state index in [1.54, 1.807) is 30.5 Å². The third kappa shape index (κ3) is 4.58. The lowest BCUT2D eigenvalue weighted by atomic mass is 10.1. The molecule has 0 bridgehead atoms. The van der Waals surface area contributed by atoms with Gasteiger partial charge in [0.2, 0.25) is 0 Å². The van der Waals surface area contributed by atoms with Crippen molar-refractivity contribution in [2.45, 2.75) is 33.3 Å². The average molecular weight is 368 g/mol. The number of hydrazone groups is 1. The monoisotopic (exact) mass is 368 g/mol. The van der Waals surface area contributed by atoms with Gasteiger partial charge >= 0.3 is 0 Å². The van der Waals surface area contributed by atoms with Crippen LogP contribution in [0.2, 0.25) is 0 Å². The van der Waals surface area contributed by atoms with E-state index in [9.17, 15) is 4.79 Å². The van der Waals surface area contributed by atoms with Gasteiger partial charge in [0.1, 0.15) is 23.4 Å². The lowest BCUT2D eigenvalue weighted by molar-refractivity contribution is 0.0955. The summed E-state index contributed by atoms with van der Waals surface area (Å²) in [6.45, 7) is 7.01. The highest BCUT2D eigenvalue weighted by Crippen LogP contribution is 2.34. The van der Waals surface area contributed by atoms with E-state index in [4.69, 9.17) is 14.2 Å². The Morgan fingerprint density at radius 1 is 1.22 bits per heavy atom. The molecule has 0 saturated carbocycles. The minimum atomic E-state index is -0.293. The van der Waals surface area contributed by atoms with E-state index in [1.165, 1.54) is 0 Å². The quantitative estimate of drug-likeness (QED) is 0.599. The van der Waals surface area contributed by atoms with Crippen LogP contribution >= 0.6 is 0 Å². The third-order valence-corrected chi connectivity index (χ3v) is 4.13. The Labute approximate surface area is 159 Å². The topological polar surface area (TPSA) is 69.2 Å². The molecular formula is C21H24N2O4. The largest absolute Gasteiger partial charge is 0.494 e. The first kappa shape index (κ1) is 18.8. The predicted octanol–water partition coefficient (Wildman–Crippen LogP) is 3.57. The van der Waals surface area contributed by atoms with Gasteiger partial charge in [0, 0.05) is 23.1 Å². The van der Waals surface area contributed by atoms with Crippen molar-refractivity contribution < 1.29 is 19.0 Å². The summed E-state index contributed by atoms with van der Waals surface area (Å²) in [6.07, 6.45) is 2.59. The van der Waals surface area contributed by atoms with Crippen LogP contribution in [-0.4, -0.2) is 31.4 Å². The first-order valence-electron chi connectivity index (χ1n) is 9.13. The average Bonchev–Trinajstić information content (AvgIpc) is 3.01. The summed E-state index contributed by atoms with van der Waals surface area (Å²) in [5.74, 6) is 2.00. The Kier molecular flexibility index (Phi) is 5.96. The van der Waals surface area contributed by atoms with E-state index in [1.807, 2.05) is 32.9 Å². The number of benzene rings is 2. The van der Waals surface area contributed by atoms with Crippen LogP contribution in [0, 0.1) is 0 Å². The fraction of sp³-hybridized carbons (Fsp3) is 0.333. The maximum atomic E-state index is 12.2. The normalized spacial score (nSPS) is 15.3. The van der Waals surface area contributed by atoms with Crippen LogP contribution in [0.4, 0.5) is 0 Å². The molecule has 1 heterocycles. The second-order valence-electron chi connectivity index (χ2n) is 6.22. The van der Waals surface area contributed by atoms with E-state index < -0.39 is 0 Å². The molecule has 0 fully saturated rings. The first-order valence-corrected chi connectivity index (χ1v) is 9.13. The van der Waals surface area contributed by atoms with Crippen molar-refractivity contribution in [2.24, 2.45) is 5.10 Å². The van der Waals surface area contributed by atoms with Gasteiger partial charge in [-0.1, -0.05) is 0 Å². The molecule has 0 saturated heterocycles. The molecule has 2 aromatic carbocycles. The SMILES string of the molecule is CCOc1ccc(C(=O)N/N=C\c2cc3c(cc2OCC)C[C@H](C)O3)cc1. The van der Waals surface area contributed by atoms with Crippen LogP contribution in [0.1, 0.15) is 42.3 Å². The third-order valence-electron chi connectivity index (χ3n) is 4.13. The Balaban J connectivity index is 1.70. The van der Waals surface area contributed by atoms with E-state index in [0.717, 1.165) is 34.8 Å². The van der Waals surface area contributed by atoms with Crippen LogP contribution in [0.25, 0.3) is 0 Å². The molecule has 0 radical (unpaired) electrons. The van der Waals surface area contributed by atoms with Crippen LogP contribution in [0.3, 0.4) is 0 Å². The van der Waals surface area contributed by atoms with Crippen LogP contribution in [-0.2, 0) is 6.42 Å². The van der Waals surface area contributed by atoms with Gasteiger partial charge in [-0.25, -0.2) is 5.43 Å². The van der Waals surface area contributed by atoms with Gasteiger partial charge < -0.3 is 14.2 Å². The summed E-state index contributed by atoms with van der Waals surface area (Å²) in [5, 5.41) is 4.07. The molecule has 27 heavy (non-hydrogen) atoms. The summed E-state index contributed by atoms with van der Waals surface area (Å²) in [4.78, 5) is 12.2. The molecule has 1 atom stereocenters. The van der Waals surface area contributed by atoms with Crippen molar-refractivity contribution in [1.29, 1.82) is 0 Å². The van der Waals surface area contributed by atoms with Crippen molar-refractivity contribution in [1.82, 2.24) is 5.43 Å². The molecule has 0 unspecified atom stereocenters. The molecule has 142 valence electrons. The fourth-order valence-corrected chi connectivity index (χ4v) is 2.93. The number of ether oxygens (including phenoxy) is 3. The van der Waals surface area contributed by atoms with E-state index in [0.29, 0.717) is 18.8 Å². The zero-order valence-corrected chi connectivity index (χ0v) is 15.8. The second kappa shape index (κ2) is 8.58. The predicted molar refractivity (Wildman–Crippen MR) is 104 cm³/mol. The number of hydrogen-bond donors (Lipinski definition) is 1. The van der Waals surface area contributed by atoms with Gasteiger partial charge in [0.15, 0.2) is 0 Å². The fourth-order valence-electron chi connectivity index (χ4n) is 2.93. The Hall–Kier alpha value is -3.02. The van der Waals surface area contributed by atoms with E-state index in [-0.39, 0.29) is 12.0 Å². The zero-order chi connectivity index (χ0) is 19.2. The summed E-state index contributed by atoms with van der Waals surface area (Å²) < 4.78 is 16.9. The van der Waals surface area contributed by atoms with Crippen molar-refractivity contribution in [3.05, 3.63) is 53.1 Å². The minimum absolute atomic E-state index is 0.154. The molecule has 1 N–H and O–H groups in total. The van der Waals surface area contributed by atoms with Gasteiger partial charge in [-0.05, 0) is 57.2 Å². The van der Waals surface area contributed by atoms with Crippen molar-refractivity contribution >= 4 is 12.1 Å². The molecule has 6 heteroatoms. The Morgan fingerprint density at radius 3 is 2.67 bits per heavy atom. The van der Waals surface area contributed by atoms with Gasteiger partial charge in [-0.2, -0.15) is 5.10 Å². The molecule has 1 aliphatic heterocycles. The zero-order valence-electron chi connectivity index (χ0n) is 15.8. The van der Waals surface area contributed by atoms with Crippen LogP contribution in [0.5, 0.6) is 17.2 Å². The summed E-state index contributed by atoms with van der Waals surface area (Å²) in [7, 11) is 0. The number of fused-ring (bicyclic) bond motifs is 1. The van der Waals surface area contributed by atoms with Crippen molar-refractivity contribution in [2.75, 3.05) is 13.2 Å². The molecule has 0 aliphatic carbocycles. The molecule has 1 aliphatic rings. The molecule has 1 amide bonds. The molecule has 6 nitrogen and oxygen atoms in total. The summed E-state index contributed by atoms with van der Waals surface area (Å²) in [6, 6.07) is 10.8. The number of nitrogens with zero attached hydrogens (tertiary/aromatic N) is 1. The Morgan fingerprint density at radius 2 is 1.96 bits per heavy atom. The van der Waals surface area contributed by atoms with Gasteiger partial charge in [-0.15, -0.1) is 0 Å². The minimum Gasteiger partial charge on any atom is -0.494 e. The van der Waals surface area contributed by atoms with Crippen LogP contribution < -0.4 is 19.6 Å². The van der Waals surface area contributed by atoms with Crippen molar-refractivity contribution in [3.63, 3.8) is 0 Å². The van der Waals surface area contributed by atoms with Gasteiger partial charge in [-0.3, -0.25) is 4.79 Å². The molecule has 0 spiro atoms. The molecule has 0 aromatic heterocycles. The number of nitrogens with one attached hydrogen (secondary N) is 1. The molecule has 3 rings (SSSR count). The Bertz CT molecular complexity index is 831. The maximum Gasteiger partial charge on any atom is 0.271 e. The summed E-state index contributed by atoms with van der Waals surface area (Å²) in [5.41, 5.74) is 4.93. The molecule has 2 aromatic rings. The lowest BCUT2D eigenvalue weighted by Crippen LogP contribution is -2.17. The van der Waals surface area contributed by atoms with Gasteiger partial charge in [0.25, 0.3) is 5.91 Å². The number of amides is 1. The number of carbonyl (C=O) groups excluding carboxylic acids is 1. The van der Waals surface area contributed by atoms with Crippen LogP contribution in [0.15, 0.2) is 41.5 Å². The second-order valence-corrected chi connectivity index (χ2v) is 6.22. The van der Waals surface area contributed by atoms with E-state index >= 15 is 0 Å². The standard InChI is InChI=1S/C21H24N2O4/c1-4-25-18-8-6-15(7-9-18)21(24)23-22-13-17-12-20-16(10-14(3)27-20)11-19(17)26-5-2/h6-9,11-14H,4-5,10H2,1-3H3,(H,23,24)/b22-13-/t14-/m0/s1. The van der Waals surface area contributed by atoms with Gasteiger partial charge in [0.05, 0.1) is 19.4 Å². The highest BCUT2D eigenvalue weighted by Gasteiger charge is 2.21. The number of hydrogen-bond acceptors (Lipinski definition) is 5.